The van der Waals surface area contributed by atoms with E-state index in [1.54, 1.807) is 24.7 Å². The summed E-state index contributed by atoms with van der Waals surface area (Å²) in [4.78, 5) is 8.33. The summed E-state index contributed by atoms with van der Waals surface area (Å²) < 4.78 is 0. The number of hydrogen-bond acceptors (Lipinski definition) is 6. The van der Waals surface area contributed by atoms with E-state index in [0.29, 0.717) is 23.3 Å². The van der Waals surface area contributed by atoms with Crippen LogP contribution in [0.4, 0.5) is 17.5 Å². The topological polar surface area (TPSA) is 75.6 Å². The minimum Gasteiger partial charge on any atom is -0.349 e. The Morgan fingerprint density at radius 2 is 1.86 bits per heavy atom. The van der Waals surface area contributed by atoms with Gasteiger partial charge in [0.05, 0.1) is 16.9 Å². The number of anilines is 3. The summed E-state index contributed by atoms with van der Waals surface area (Å²) >= 11 is 6.11. The molecule has 2 heterocycles. The summed E-state index contributed by atoms with van der Waals surface area (Å²) in [6, 6.07) is 11.3. The Labute approximate surface area is 132 Å². The second-order valence-electron chi connectivity index (χ2n) is 4.48. The van der Waals surface area contributed by atoms with E-state index in [4.69, 9.17) is 11.6 Å². The van der Waals surface area contributed by atoms with Gasteiger partial charge in [0, 0.05) is 18.9 Å². The molecule has 0 atom stereocenters. The lowest BCUT2D eigenvalue weighted by atomic mass is 10.3. The van der Waals surface area contributed by atoms with Gasteiger partial charge in [0.1, 0.15) is 0 Å². The molecule has 0 saturated carbocycles. The fourth-order valence-electron chi connectivity index (χ4n) is 1.82. The van der Waals surface area contributed by atoms with E-state index in [-0.39, 0.29) is 0 Å². The Hall–Kier alpha value is -2.73. The van der Waals surface area contributed by atoms with Crippen molar-refractivity contribution < 1.29 is 0 Å². The number of hydrogen-bond donors (Lipinski definition) is 2. The van der Waals surface area contributed by atoms with Crippen LogP contribution in [0.3, 0.4) is 0 Å². The van der Waals surface area contributed by atoms with E-state index in [0.717, 1.165) is 11.3 Å². The Morgan fingerprint density at radius 1 is 1.05 bits per heavy atom. The maximum Gasteiger partial charge on any atom is 0.244 e. The fourth-order valence-corrected chi connectivity index (χ4v) is 2.00. The van der Waals surface area contributed by atoms with E-state index in [1.165, 1.54) is 0 Å². The van der Waals surface area contributed by atoms with E-state index in [1.807, 2.05) is 30.3 Å². The molecule has 7 heteroatoms. The lowest BCUT2D eigenvalue weighted by Gasteiger charge is -2.08. The highest BCUT2D eigenvalue weighted by molar-refractivity contribution is 6.33. The van der Waals surface area contributed by atoms with Gasteiger partial charge < -0.3 is 10.6 Å². The van der Waals surface area contributed by atoms with Gasteiger partial charge >= 0.3 is 0 Å². The quantitative estimate of drug-likeness (QED) is 0.753. The molecule has 0 saturated heterocycles. The van der Waals surface area contributed by atoms with E-state index < -0.39 is 0 Å². The number of halogens is 1. The first-order valence-corrected chi connectivity index (χ1v) is 7.03. The van der Waals surface area contributed by atoms with Crippen molar-refractivity contribution >= 4 is 29.1 Å². The maximum absolute atomic E-state index is 6.11. The van der Waals surface area contributed by atoms with Gasteiger partial charge in [-0.3, -0.25) is 4.98 Å². The molecule has 0 bridgehead atoms. The Kier molecular flexibility index (Phi) is 4.41. The number of nitrogens with one attached hydrogen (secondary N) is 2. The summed E-state index contributed by atoms with van der Waals surface area (Å²) in [6.45, 7) is 0.597. The molecular weight excluding hydrogens is 300 g/mol. The highest BCUT2D eigenvalue weighted by atomic mass is 35.5. The summed E-state index contributed by atoms with van der Waals surface area (Å²) in [5, 5.41) is 14.7. The molecule has 2 N–H and O–H groups in total. The molecule has 3 aromatic rings. The average Bonchev–Trinajstić information content (AvgIpc) is 2.57. The Morgan fingerprint density at radius 3 is 2.68 bits per heavy atom. The molecule has 0 unspecified atom stereocenters. The predicted octanol–water partition coefficient (Wildman–Crippen LogP) is 3.28. The van der Waals surface area contributed by atoms with Crippen LogP contribution in [0.2, 0.25) is 5.02 Å². The molecule has 3 rings (SSSR count). The van der Waals surface area contributed by atoms with E-state index >= 15 is 0 Å². The SMILES string of the molecule is Clc1ccccc1Nc1cnnc(NCc2ccncc2)n1. The summed E-state index contributed by atoms with van der Waals surface area (Å²) in [5.74, 6) is 1.01. The van der Waals surface area contributed by atoms with Crippen LogP contribution in [-0.4, -0.2) is 20.2 Å². The summed E-state index contributed by atoms with van der Waals surface area (Å²) in [5.41, 5.74) is 1.85. The number of para-hydroxylation sites is 1. The van der Waals surface area contributed by atoms with Crippen molar-refractivity contribution in [3.63, 3.8) is 0 Å². The standard InChI is InChI=1S/C15H13ClN6/c16-12-3-1-2-4-13(12)20-14-10-19-22-15(21-14)18-9-11-5-7-17-8-6-11/h1-8,10H,9H2,(H2,18,20,21,22). The van der Waals surface area contributed by atoms with Crippen LogP contribution in [-0.2, 0) is 6.54 Å². The fraction of sp³-hybridized carbons (Fsp3) is 0.0667. The third-order valence-electron chi connectivity index (χ3n) is 2.90. The smallest absolute Gasteiger partial charge is 0.244 e. The molecule has 0 radical (unpaired) electrons. The number of nitrogens with zero attached hydrogens (tertiary/aromatic N) is 4. The van der Waals surface area contributed by atoms with Gasteiger partial charge in [0.25, 0.3) is 0 Å². The van der Waals surface area contributed by atoms with Gasteiger partial charge in [-0.2, -0.15) is 10.1 Å². The molecule has 0 aliphatic rings. The second-order valence-corrected chi connectivity index (χ2v) is 4.89. The zero-order valence-corrected chi connectivity index (χ0v) is 12.3. The average molecular weight is 313 g/mol. The number of benzene rings is 1. The number of aromatic nitrogens is 4. The zero-order chi connectivity index (χ0) is 15.2. The molecule has 0 aliphatic carbocycles. The van der Waals surface area contributed by atoms with Gasteiger partial charge in [-0.15, -0.1) is 5.10 Å². The highest BCUT2D eigenvalue weighted by Gasteiger charge is 2.03. The first kappa shape index (κ1) is 14.2. The van der Waals surface area contributed by atoms with Crippen LogP contribution in [0.5, 0.6) is 0 Å². The first-order valence-electron chi connectivity index (χ1n) is 6.65. The van der Waals surface area contributed by atoms with E-state index in [9.17, 15) is 0 Å². The van der Waals surface area contributed by atoms with Crippen molar-refractivity contribution in [1.29, 1.82) is 0 Å². The summed E-state index contributed by atoms with van der Waals surface area (Å²) in [7, 11) is 0. The lowest BCUT2D eigenvalue weighted by molar-refractivity contribution is 0.948. The number of rotatable bonds is 5. The van der Waals surface area contributed by atoms with Gasteiger partial charge in [-0.05, 0) is 29.8 Å². The molecule has 1 aromatic carbocycles. The van der Waals surface area contributed by atoms with Crippen molar-refractivity contribution in [3.8, 4) is 0 Å². The zero-order valence-electron chi connectivity index (χ0n) is 11.6. The van der Waals surface area contributed by atoms with Crippen molar-refractivity contribution in [1.82, 2.24) is 20.2 Å². The molecule has 22 heavy (non-hydrogen) atoms. The Balaban J connectivity index is 1.69. The molecule has 0 spiro atoms. The molecule has 0 fully saturated rings. The van der Waals surface area contributed by atoms with Crippen molar-refractivity contribution in [2.45, 2.75) is 6.54 Å². The van der Waals surface area contributed by atoms with Gasteiger partial charge in [0.15, 0.2) is 5.82 Å². The minimum absolute atomic E-state index is 0.439. The van der Waals surface area contributed by atoms with Crippen LogP contribution in [0, 0.1) is 0 Å². The van der Waals surface area contributed by atoms with Crippen LogP contribution >= 0.6 is 11.6 Å². The van der Waals surface area contributed by atoms with Crippen LogP contribution in [0.15, 0.2) is 55.0 Å². The molecule has 110 valence electrons. The first-order chi connectivity index (χ1) is 10.8. The van der Waals surface area contributed by atoms with Gasteiger partial charge in [-0.1, -0.05) is 23.7 Å². The molecule has 6 nitrogen and oxygen atoms in total. The Bertz CT molecular complexity index is 750. The van der Waals surface area contributed by atoms with E-state index in [2.05, 4.69) is 30.8 Å². The van der Waals surface area contributed by atoms with Crippen molar-refractivity contribution in [2.75, 3.05) is 10.6 Å². The minimum atomic E-state index is 0.439. The monoisotopic (exact) mass is 312 g/mol. The van der Waals surface area contributed by atoms with Gasteiger partial charge in [0.2, 0.25) is 5.95 Å². The normalized spacial score (nSPS) is 10.2. The largest absolute Gasteiger partial charge is 0.349 e. The third kappa shape index (κ3) is 3.67. The van der Waals surface area contributed by atoms with Crippen LogP contribution < -0.4 is 10.6 Å². The molecule has 0 aliphatic heterocycles. The van der Waals surface area contributed by atoms with Crippen molar-refractivity contribution in [3.05, 3.63) is 65.6 Å². The summed E-state index contributed by atoms with van der Waals surface area (Å²) in [6.07, 6.45) is 5.03. The second kappa shape index (κ2) is 6.82. The maximum atomic E-state index is 6.11. The number of pyridine rings is 1. The molecule has 0 amide bonds. The van der Waals surface area contributed by atoms with Crippen molar-refractivity contribution in [2.24, 2.45) is 0 Å². The third-order valence-corrected chi connectivity index (χ3v) is 3.22. The predicted molar refractivity (Wildman–Crippen MR) is 86.1 cm³/mol. The molecular formula is C15H13ClN6. The lowest BCUT2D eigenvalue weighted by Crippen LogP contribution is -2.06. The van der Waals surface area contributed by atoms with Crippen LogP contribution in [0.25, 0.3) is 0 Å². The highest BCUT2D eigenvalue weighted by Crippen LogP contribution is 2.23. The van der Waals surface area contributed by atoms with Gasteiger partial charge in [-0.25, -0.2) is 0 Å². The van der Waals surface area contributed by atoms with Crippen LogP contribution in [0.1, 0.15) is 5.56 Å². The molecule has 2 aromatic heterocycles.